The molecule has 166 valence electrons. The van der Waals surface area contributed by atoms with E-state index in [4.69, 9.17) is 9.47 Å². The highest BCUT2D eigenvalue weighted by Gasteiger charge is 2.17. The summed E-state index contributed by atoms with van der Waals surface area (Å²) in [5, 5.41) is 26.6. The fourth-order valence-corrected chi connectivity index (χ4v) is 3.72. The lowest BCUT2D eigenvalue weighted by molar-refractivity contribution is -0.384. The highest BCUT2D eigenvalue weighted by atomic mass is 16.6. The average molecular weight is 428 g/mol. The van der Waals surface area contributed by atoms with Crippen molar-refractivity contribution in [1.29, 1.82) is 0 Å². The van der Waals surface area contributed by atoms with Gasteiger partial charge in [0.05, 0.1) is 35.9 Å². The Kier molecular flexibility index (Phi) is 7.09. The van der Waals surface area contributed by atoms with Crippen LogP contribution in [0.3, 0.4) is 0 Å². The minimum Gasteiger partial charge on any atom is -0.493 e. The summed E-state index contributed by atoms with van der Waals surface area (Å²) in [6.45, 7) is 6.06. The summed E-state index contributed by atoms with van der Waals surface area (Å²) in [6.07, 6.45) is -0.0367. The summed E-state index contributed by atoms with van der Waals surface area (Å²) >= 11 is 0. The second-order valence-electron chi connectivity index (χ2n) is 7.09. The molecular formula is C22H28N4O5. The van der Waals surface area contributed by atoms with E-state index in [-0.39, 0.29) is 5.69 Å². The average Bonchev–Trinajstić information content (AvgIpc) is 2.77. The van der Waals surface area contributed by atoms with Crippen molar-refractivity contribution >= 4 is 33.2 Å². The number of fused-ring (bicyclic) bond motifs is 2. The maximum absolute atomic E-state index is 11.2. The normalized spacial score (nSPS) is 12.3. The number of hydrogen-bond donors (Lipinski definition) is 2. The smallest absolute Gasteiger partial charge is 0.271 e. The molecule has 0 aliphatic heterocycles. The van der Waals surface area contributed by atoms with Crippen LogP contribution in [-0.4, -0.2) is 60.0 Å². The van der Waals surface area contributed by atoms with Gasteiger partial charge in [-0.25, -0.2) is 4.98 Å². The van der Waals surface area contributed by atoms with Crippen LogP contribution in [0.1, 0.15) is 20.3 Å². The number of nitrogens with zero attached hydrogens (tertiary/aromatic N) is 3. The van der Waals surface area contributed by atoms with Gasteiger partial charge in [-0.1, -0.05) is 13.8 Å². The molecule has 1 atom stereocenters. The van der Waals surface area contributed by atoms with Gasteiger partial charge in [-0.3, -0.25) is 15.0 Å². The van der Waals surface area contributed by atoms with E-state index in [1.165, 1.54) is 12.1 Å². The number of ether oxygens (including phenoxy) is 2. The number of aliphatic hydroxyl groups excluding tert-OH is 1. The van der Waals surface area contributed by atoms with Gasteiger partial charge in [0.2, 0.25) is 0 Å². The van der Waals surface area contributed by atoms with Crippen LogP contribution in [0.2, 0.25) is 0 Å². The number of methoxy groups -OCH3 is 2. The highest BCUT2D eigenvalue weighted by molar-refractivity contribution is 6.08. The predicted octanol–water partition coefficient (Wildman–Crippen LogP) is 3.78. The molecule has 2 N–H and O–H groups in total. The molecule has 1 aromatic heterocycles. The lowest BCUT2D eigenvalue weighted by atomic mass is 10.1. The molecule has 31 heavy (non-hydrogen) atoms. The van der Waals surface area contributed by atoms with E-state index in [1.54, 1.807) is 26.4 Å². The van der Waals surface area contributed by atoms with Gasteiger partial charge in [-0.05, 0) is 25.2 Å². The van der Waals surface area contributed by atoms with Crippen molar-refractivity contribution < 1.29 is 19.5 Å². The highest BCUT2D eigenvalue weighted by Crippen LogP contribution is 2.38. The van der Waals surface area contributed by atoms with Crippen LogP contribution in [0.4, 0.5) is 11.4 Å². The Hall–Kier alpha value is -3.17. The van der Waals surface area contributed by atoms with Crippen LogP contribution < -0.4 is 14.8 Å². The Morgan fingerprint density at radius 2 is 1.74 bits per heavy atom. The van der Waals surface area contributed by atoms with E-state index in [9.17, 15) is 15.2 Å². The molecule has 9 heteroatoms. The molecule has 1 unspecified atom stereocenters. The van der Waals surface area contributed by atoms with Gasteiger partial charge in [0.25, 0.3) is 5.69 Å². The van der Waals surface area contributed by atoms with Crippen LogP contribution in [0.25, 0.3) is 21.8 Å². The Balaban J connectivity index is 2.08. The van der Waals surface area contributed by atoms with Crippen molar-refractivity contribution in [3.05, 3.63) is 40.4 Å². The summed E-state index contributed by atoms with van der Waals surface area (Å²) in [4.78, 5) is 17.4. The van der Waals surface area contributed by atoms with Gasteiger partial charge in [-0.15, -0.1) is 0 Å². The quantitative estimate of drug-likeness (QED) is 0.217. The van der Waals surface area contributed by atoms with Gasteiger partial charge < -0.3 is 19.9 Å². The van der Waals surface area contributed by atoms with Crippen molar-refractivity contribution in [2.75, 3.05) is 39.2 Å². The minimum absolute atomic E-state index is 0.0252. The number of rotatable bonds is 10. The van der Waals surface area contributed by atoms with Crippen LogP contribution >= 0.6 is 0 Å². The molecule has 0 amide bonds. The van der Waals surface area contributed by atoms with E-state index < -0.39 is 11.2 Å². The van der Waals surface area contributed by atoms with Crippen molar-refractivity contribution in [3.8, 4) is 11.5 Å². The van der Waals surface area contributed by atoms with Crippen molar-refractivity contribution in [2.45, 2.75) is 26.5 Å². The van der Waals surface area contributed by atoms with E-state index >= 15 is 0 Å². The topological polar surface area (TPSA) is 110 Å². The molecular weight excluding hydrogens is 400 g/mol. The number of aromatic nitrogens is 1. The van der Waals surface area contributed by atoms with Gasteiger partial charge in [-0.2, -0.15) is 0 Å². The Bertz CT molecular complexity index is 1080. The first-order valence-corrected chi connectivity index (χ1v) is 10.2. The number of nitrogens with one attached hydrogen (secondary N) is 1. The Morgan fingerprint density at radius 1 is 1.10 bits per heavy atom. The molecule has 0 spiro atoms. The number of nitro benzene ring substituents is 1. The van der Waals surface area contributed by atoms with E-state index in [2.05, 4.69) is 10.3 Å². The van der Waals surface area contributed by atoms with Crippen LogP contribution in [0.5, 0.6) is 11.5 Å². The fourth-order valence-electron chi connectivity index (χ4n) is 3.72. The lowest BCUT2D eigenvalue weighted by Crippen LogP contribution is -2.36. The van der Waals surface area contributed by atoms with Gasteiger partial charge in [0.1, 0.15) is 6.23 Å². The van der Waals surface area contributed by atoms with Crippen LogP contribution in [0, 0.1) is 10.1 Å². The first kappa shape index (κ1) is 22.5. The third-order valence-electron chi connectivity index (χ3n) is 5.41. The number of benzene rings is 2. The van der Waals surface area contributed by atoms with Crippen LogP contribution in [-0.2, 0) is 0 Å². The Labute approximate surface area is 180 Å². The molecule has 0 saturated carbocycles. The third-order valence-corrected chi connectivity index (χ3v) is 5.41. The van der Waals surface area contributed by atoms with Gasteiger partial charge in [0.15, 0.2) is 11.5 Å². The number of non-ortho nitro benzene ring substituents is 1. The maximum Gasteiger partial charge on any atom is 0.271 e. The molecule has 0 fully saturated rings. The molecule has 3 aromatic rings. The molecule has 0 saturated heterocycles. The molecule has 0 bridgehead atoms. The molecule has 3 rings (SSSR count). The summed E-state index contributed by atoms with van der Waals surface area (Å²) < 4.78 is 10.8. The number of nitro groups is 1. The summed E-state index contributed by atoms with van der Waals surface area (Å²) in [5.74, 6) is 1.08. The SMILES string of the molecule is CCN(CC)C(O)CCNc1c2ccc([N+](=O)[O-])cc2nc2cc(OC)c(OC)cc12. The number of anilines is 1. The second-order valence-corrected chi connectivity index (χ2v) is 7.09. The molecule has 2 aromatic carbocycles. The zero-order valence-electron chi connectivity index (χ0n) is 18.2. The van der Waals surface area contributed by atoms with Gasteiger partial charge in [0, 0.05) is 41.9 Å². The number of aliphatic hydroxyl groups is 1. The Morgan fingerprint density at radius 3 is 2.35 bits per heavy atom. The second kappa shape index (κ2) is 9.76. The zero-order valence-corrected chi connectivity index (χ0v) is 18.2. The lowest BCUT2D eigenvalue weighted by Gasteiger charge is -2.25. The van der Waals surface area contributed by atoms with Crippen molar-refractivity contribution in [3.63, 3.8) is 0 Å². The standard InChI is InChI=1S/C22H28N4O5/c1-5-25(6-2)21(27)9-10-23-22-15-8-7-14(26(28)29)11-17(15)24-18-13-20(31-4)19(30-3)12-16(18)22/h7-8,11-13,21,27H,5-6,9-10H2,1-4H3,(H,23,24). The summed E-state index contributed by atoms with van der Waals surface area (Å²) in [6, 6.07) is 8.21. The minimum atomic E-state index is -0.558. The maximum atomic E-state index is 11.2. The predicted molar refractivity (Wildman–Crippen MR) is 121 cm³/mol. The van der Waals surface area contributed by atoms with Gasteiger partial charge >= 0.3 is 0 Å². The number of hydrogen-bond acceptors (Lipinski definition) is 8. The third kappa shape index (κ3) is 4.62. The summed E-state index contributed by atoms with van der Waals surface area (Å²) in [5.41, 5.74) is 1.88. The largest absolute Gasteiger partial charge is 0.493 e. The molecule has 9 nitrogen and oxygen atoms in total. The van der Waals surface area contributed by atoms with Crippen molar-refractivity contribution in [1.82, 2.24) is 9.88 Å². The van der Waals surface area contributed by atoms with Crippen molar-refractivity contribution in [2.24, 2.45) is 0 Å². The molecule has 0 aliphatic carbocycles. The number of pyridine rings is 1. The van der Waals surface area contributed by atoms with E-state index in [0.29, 0.717) is 35.5 Å². The first-order valence-electron chi connectivity index (χ1n) is 10.2. The summed E-state index contributed by atoms with van der Waals surface area (Å²) in [7, 11) is 3.11. The fraction of sp³-hybridized carbons (Fsp3) is 0.409. The molecule has 0 radical (unpaired) electrons. The molecule has 1 heterocycles. The molecule has 0 aliphatic rings. The van der Waals surface area contributed by atoms with Crippen LogP contribution in [0.15, 0.2) is 30.3 Å². The monoisotopic (exact) mass is 428 g/mol. The van der Waals surface area contributed by atoms with E-state index in [0.717, 1.165) is 29.5 Å². The van der Waals surface area contributed by atoms with E-state index in [1.807, 2.05) is 24.8 Å². The first-order chi connectivity index (χ1) is 14.9. The zero-order chi connectivity index (χ0) is 22.5.